The van der Waals surface area contributed by atoms with Gasteiger partial charge in [0.05, 0.1) is 7.11 Å². The first-order valence-corrected chi connectivity index (χ1v) is 3.18. The van der Waals surface area contributed by atoms with Gasteiger partial charge in [0, 0.05) is 6.42 Å². The van der Waals surface area contributed by atoms with Crippen LogP contribution in [0.1, 0.15) is 13.3 Å². The summed E-state index contributed by atoms with van der Waals surface area (Å²) >= 11 is 0. The van der Waals surface area contributed by atoms with Gasteiger partial charge in [-0.2, -0.15) is 0 Å². The number of carbonyl (C=O) groups is 2. The van der Waals surface area contributed by atoms with E-state index in [1.54, 1.807) is 6.92 Å². The Morgan fingerprint density at radius 3 is 2.45 bits per heavy atom. The van der Waals surface area contributed by atoms with E-state index < -0.39 is 5.97 Å². The zero-order valence-corrected chi connectivity index (χ0v) is 6.64. The molecule has 0 saturated carbocycles. The highest BCUT2D eigenvalue weighted by Crippen LogP contribution is 1.88. The normalized spacial score (nSPS) is 8.55. The second-order valence-electron chi connectivity index (χ2n) is 1.87. The molecule has 4 nitrogen and oxygen atoms in total. The van der Waals surface area contributed by atoms with E-state index in [2.05, 4.69) is 16.6 Å². The topological polar surface area (TPSA) is 55.4 Å². The quantitative estimate of drug-likeness (QED) is 0.470. The van der Waals surface area contributed by atoms with Gasteiger partial charge in [0.15, 0.2) is 0 Å². The number of hydrogen-bond acceptors (Lipinski definition) is 3. The second-order valence-corrected chi connectivity index (χ2v) is 1.87. The largest absolute Gasteiger partial charge is 0.464 e. The molecule has 0 saturated heterocycles. The van der Waals surface area contributed by atoms with Crippen LogP contribution >= 0.6 is 0 Å². The Balaban J connectivity index is 3.88. The molecule has 0 aliphatic carbocycles. The Bertz CT molecular complexity index is 186. The van der Waals surface area contributed by atoms with Gasteiger partial charge >= 0.3 is 5.97 Å². The monoisotopic (exact) mass is 157 g/mol. The molecule has 0 heterocycles. The molecule has 0 spiro atoms. The van der Waals surface area contributed by atoms with Crippen molar-refractivity contribution in [2.45, 2.75) is 13.3 Å². The molecule has 4 heteroatoms. The number of nitrogens with one attached hydrogen (secondary N) is 1. The minimum absolute atomic E-state index is 0.0284. The van der Waals surface area contributed by atoms with Crippen LogP contribution in [0.25, 0.3) is 0 Å². The Labute approximate surface area is 65.2 Å². The third-order valence-corrected chi connectivity index (χ3v) is 1.04. The first-order chi connectivity index (χ1) is 5.11. The number of methoxy groups -OCH3 is 1. The maximum absolute atomic E-state index is 10.7. The average Bonchev–Trinajstić information content (AvgIpc) is 2.02. The summed E-state index contributed by atoms with van der Waals surface area (Å²) in [6, 6.07) is 0. The highest BCUT2D eigenvalue weighted by Gasteiger charge is 2.07. The van der Waals surface area contributed by atoms with Crippen molar-refractivity contribution in [2.24, 2.45) is 0 Å². The zero-order chi connectivity index (χ0) is 8.85. The summed E-state index contributed by atoms with van der Waals surface area (Å²) in [4.78, 5) is 21.3. The van der Waals surface area contributed by atoms with Crippen molar-refractivity contribution in [3.63, 3.8) is 0 Å². The fraction of sp³-hybridized carbons (Fsp3) is 0.429. The summed E-state index contributed by atoms with van der Waals surface area (Å²) in [7, 11) is 1.23. The van der Waals surface area contributed by atoms with E-state index >= 15 is 0 Å². The molecule has 0 aliphatic rings. The summed E-state index contributed by atoms with van der Waals surface area (Å²) in [6.07, 6.45) is 0.315. The van der Waals surface area contributed by atoms with Crippen molar-refractivity contribution in [1.29, 1.82) is 0 Å². The van der Waals surface area contributed by atoms with Crippen LogP contribution in [0.3, 0.4) is 0 Å². The van der Waals surface area contributed by atoms with Crippen molar-refractivity contribution in [1.82, 2.24) is 5.32 Å². The lowest BCUT2D eigenvalue weighted by Gasteiger charge is -2.03. The summed E-state index contributed by atoms with van der Waals surface area (Å²) < 4.78 is 4.30. The van der Waals surface area contributed by atoms with Crippen molar-refractivity contribution in [3.05, 3.63) is 12.3 Å². The molecule has 1 N–H and O–H groups in total. The molecule has 0 aromatic heterocycles. The van der Waals surface area contributed by atoms with Gasteiger partial charge in [-0.05, 0) is 0 Å². The van der Waals surface area contributed by atoms with Crippen LogP contribution in [0.4, 0.5) is 0 Å². The predicted octanol–water partition coefficient (Wildman–Crippen LogP) is 0.199. The van der Waals surface area contributed by atoms with E-state index in [4.69, 9.17) is 0 Å². The molecule has 0 unspecified atom stereocenters. The molecule has 0 rings (SSSR count). The van der Waals surface area contributed by atoms with Crippen LogP contribution in [-0.2, 0) is 14.3 Å². The molecule has 1 amide bonds. The molecule has 11 heavy (non-hydrogen) atoms. The van der Waals surface area contributed by atoms with E-state index in [1.807, 2.05) is 0 Å². The number of ether oxygens (including phenoxy) is 1. The molecule has 0 aromatic carbocycles. The van der Waals surface area contributed by atoms with Crippen LogP contribution < -0.4 is 5.32 Å². The van der Waals surface area contributed by atoms with Gasteiger partial charge in [-0.3, -0.25) is 4.79 Å². The van der Waals surface area contributed by atoms with Crippen molar-refractivity contribution in [2.75, 3.05) is 7.11 Å². The number of esters is 1. The SMILES string of the molecule is C=C(NC(=O)CC)C(=O)OC. The molecular weight excluding hydrogens is 146 g/mol. The smallest absolute Gasteiger partial charge is 0.353 e. The highest BCUT2D eigenvalue weighted by atomic mass is 16.5. The minimum atomic E-state index is -0.619. The van der Waals surface area contributed by atoms with Gasteiger partial charge in [-0.1, -0.05) is 13.5 Å². The average molecular weight is 157 g/mol. The van der Waals surface area contributed by atoms with Gasteiger partial charge in [0.1, 0.15) is 5.70 Å². The predicted molar refractivity (Wildman–Crippen MR) is 39.6 cm³/mol. The summed E-state index contributed by atoms with van der Waals surface area (Å²) in [6.45, 7) is 4.99. The molecule has 62 valence electrons. The fourth-order valence-electron chi connectivity index (χ4n) is 0.431. The van der Waals surface area contributed by atoms with E-state index in [9.17, 15) is 9.59 Å². The molecule has 0 aromatic rings. The van der Waals surface area contributed by atoms with Crippen LogP contribution in [0.15, 0.2) is 12.3 Å². The van der Waals surface area contributed by atoms with E-state index in [0.717, 1.165) is 0 Å². The van der Waals surface area contributed by atoms with E-state index in [-0.39, 0.29) is 11.6 Å². The van der Waals surface area contributed by atoms with Gasteiger partial charge in [0.2, 0.25) is 5.91 Å². The zero-order valence-electron chi connectivity index (χ0n) is 6.64. The van der Waals surface area contributed by atoms with Crippen LogP contribution in [0.2, 0.25) is 0 Å². The standard InChI is InChI=1S/C7H11NO3/c1-4-6(9)8-5(2)7(10)11-3/h2,4H2,1,3H3,(H,8,9). The summed E-state index contributed by atoms with van der Waals surface area (Å²) in [5.41, 5.74) is -0.0284. The lowest BCUT2D eigenvalue weighted by Crippen LogP contribution is -2.26. The van der Waals surface area contributed by atoms with Crippen LogP contribution in [-0.4, -0.2) is 19.0 Å². The van der Waals surface area contributed by atoms with E-state index in [0.29, 0.717) is 6.42 Å². The van der Waals surface area contributed by atoms with E-state index in [1.165, 1.54) is 7.11 Å². The highest BCUT2D eigenvalue weighted by molar-refractivity contribution is 5.93. The Kier molecular flexibility index (Phi) is 3.95. The third-order valence-electron chi connectivity index (χ3n) is 1.04. The van der Waals surface area contributed by atoms with Gasteiger partial charge in [-0.25, -0.2) is 4.79 Å². The molecular formula is C7H11NO3. The molecule has 0 atom stereocenters. The second kappa shape index (κ2) is 4.49. The Hall–Kier alpha value is -1.32. The van der Waals surface area contributed by atoms with Crippen LogP contribution in [0.5, 0.6) is 0 Å². The van der Waals surface area contributed by atoms with Gasteiger partial charge in [-0.15, -0.1) is 0 Å². The fourth-order valence-corrected chi connectivity index (χ4v) is 0.431. The summed E-state index contributed by atoms with van der Waals surface area (Å²) in [5.74, 6) is -0.868. The maximum Gasteiger partial charge on any atom is 0.353 e. The lowest BCUT2D eigenvalue weighted by atomic mass is 10.4. The number of hydrogen-bond donors (Lipinski definition) is 1. The van der Waals surface area contributed by atoms with Crippen LogP contribution in [0, 0.1) is 0 Å². The first kappa shape index (κ1) is 9.68. The molecule has 0 radical (unpaired) electrons. The minimum Gasteiger partial charge on any atom is -0.464 e. The summed E-state index contributed by atoms with van der Waals surface area (Å²) in [5, 5.41) is 2.27. The third kappa shape index (κ3) is 3.40. The number of amides is 1. The van der Waals surface area contributed by atoms with Gasteiger partial charge < -0.3 is 10.1 Å². The van der Waals surface area contributed by atoms with Gasteiger partial charge in [0.25, 0.3) is 0 Å². The van der Waals surface area contributed by atoms with Crippen molar-refractivity contribution in [3.8, 4) is 0 Å². The maximum atomic E-state index is 10.7. The van der Waals surface area contributed by atoms with Crippen molar-refractivity contribution >= 4 is 11.9 Å². The Morgan fingerprint density at radius 2 is 2.09 bits per heavy atom. The first-order valence-electron chi connectivity index (χ1n) is 3.18. The number of carbonyl (C=O) groups excluding carboxylic acids is 2. The Morgan fingerprint density at radius 1 is 1.55 bits per heavy atom. The molecule has 0 fully saturated rings. The lowest BCUT2D eigenvalue weighted by molar-refractivity contribution is -0.137. The molecule has 0 aliphatic heterocycles. The molecule has 0 bridgehead atoms. The van der Waals surface area contributed by atoms with Crippen molar-refractivity contribution < 1.29 is 14.3 Å². The number of rotatable bonds is 3.